The van der Waals surface area contributed by atoms with Gasteiger partial charge in [0.25, 0.3) is 0 Å². The van der Waals surface area contributed by atoms with E-state index < -0.39 is 5.91 Å². The first kappa shape index (κ1) is 33.8. The van der Waals surface area contributed by atoms with Crippen molar-refractivity contribution in [2.75, 3.05) is 58.0 Å². The Bertz CT molecular complexity index is 949. The number of carbonyl (C=O) groups is 1. The molecule has 1 aromatic rings. The van der Waals surface area contributed by atoms with Crippen molar-refractivity contribution in [1.29, 1.82) is 0 Å². The fourth-order valence-electron chi connectivity index (χ4n) is 2.68. The largest absolute Gasteiger partial charge is 0.389 e. The minimum Gasteiger partial charge on any atom is -0.389 e. The minimum atomic E-state index is -0.481. The number of carbonyl (C=O) groups excluding carboxylic acids is 1. The number of hydrogen-bond donors (Lipinski definition) is 4. The fraction of sp³-hybridized carbons (Fsp3) is 0.444. The molecule has 0 aromatic carbocycles. The Morgan fingerprint density at radius 2 is 1.97 bits per heavy atom. The van der Waals surface area contributed by atoms with Gasteiger partial charge in [-0.15, -0.1) is 0 Å². The van der Waals surface area contributed by atoms with Gasteiger partial charge in [-0.05, 0) is 43.3 Å². The molecule has 206 valence electrons. The van der Waals surface area contributed by atoms with Gasteiger partial charge in [-0.25, -0.2) is 4.98 Å². The number of likely N-dealkylation sites (N-methyl/N-ethyl adjacent to an activating group) is 1. The first-order valence-electron chi connectivity index (χ1n) is 12.4. The third-order valence-electron chi connectivity index (χ3n) is 4.33. The summed E-state index contributed by atoms with van der Waals surface area (Å²) in [6.45, 7) is 17.0. The summed E-state index contributed by atoms with van der Waals surface area (Å²) in [5, 5.41) is 8.21. The lowest BCUT2D eigenvalue weighted by atomic mass is 10.2. The number of nitrogen functional groups attached to an aromatic ring is 1. The van der Waals surface area contributed by atoms with Crippen molar-refractivity contribution in [2.24, 2.45) is 10.7 Å². The molecule has 2 rings (SSSR count). The Morgan fingerprint density at radius 1 is 1.30 bits per heavy atom. The Balaban J connectivity index is 0.00000142. The summed E-state index contributed by atoms with van der Waals surface area (Å²) in [6, 6.07) is 0. The highest BCUT2D eigenvalue weighted by atomic mass is 32.1. The Labute approximate surface area is 226 Å². The molecule has 37 heavy (non-hydrogen) atoms. The lowest BCUT2D eigenvalue weighted by Gasteiger charge is -2.17. The second-order valence-electron chi connectivity index (χ2n) is 8.05. The Morgan fingerprint density at radius 3 is 2.54 bits per heavy atom. The average molecular weight is 532 g/mol. The number of nitrogens with two attached hydrogens (primary N) is 2. The van der Waals surface area contributed by atoms with Gasteiger partial charge < -0.3 is 26.8 Å². The number of anilines is 2. The van der Waals surface area contributed by atoms with Crippen LogP contribution in [0.2, 0.25) is 0 Å². The molecule has 9 nitrogen and oxygen atoms in total. The first-order chi connectivity index (χ1) is 17.7. The van der Waals surface area contributed by atoms with Crippen molar-refractivity contribution >= 4 is 39.3 Å². The molecule has 2 heterocycles. The van der Waals surface area contributed by atoms with Crippen molar-refractivity contribution < 1.29 is 9.53 Å². The lowest BCUT2D eigenvalue weighted by molar-refractivity contribution is -0.113. The number of aromatic nitrogens is 1. The number of ether oxygens (including phenoxy) is 1. The molecule has 1 aliphatic heterocycles. The molecule has 1 aromatic heterocycles. The number of aliphatic imine (C=N–C) groups is 1. The number of amides is 1. The van der Waals surface area contributed by atoms with Crippen molar-refractivity contribution in [3.05, 3.63) is 60.5 Å². The van der Waals surface area contributed by atoms with E-state index in [1.165, 1.54) is 23.3 Å². The molecule has 0 radical (unpaired) electrons. The summed E-state index contributed by atoms with van der Waals surface area (Å²) < 4.78 is 5.19. The number of hydrogen-bond acceptors (Lipinski definition) is 9. The van der Waals surface area contributed by atoms with Gasteiger partial charge in [0.15, 0.2) is 5.13 Å². The zero-order valence-corrected chi connectivity index (χ0v) is 23.9. The van der Waals surface area contributed by atoms with E-state index in [1.54, 1.807) is 13.2 Å². The predicted molar refractivity (Wildman–Crippen MR) is 161 cm³/mol. The maximum absolute atomic E-state index is 9.47. The Hall–Kier alpha value is -3.21. The summed E-state index contributed by atoms with van der Waals surface area (Å²) >= 11 is 1.42. The molecule has 0 atom stereocenters. The van der Waals surface area contributed by atoms with Crippen molar-refractivity contribution in [2.45, 2.75) is 33.6 Å². The van der Waals surface area contributed by atoms with Crippen LogP contribution < -0.4 is 22.1 Å². The molecule has 1 aliphatic rings. The van der Waals surface area contributed by atoms with Gasteiger partial charge in [-0.3, -0.25) is 14.7 Å². The topological polar surface area (TPSA) is 131 Å². The van der Waals surface area contributed by atoms with Crippen molar-refractivity contribution in [3.63, 3.8) is 0 Å². The smallest absolute Gasteiger partial charge is 0.240 e. The third-order valence-corrected chi connectivity index (χ3v) is 5.14. The molecule has 0 saturated carbocycles. The van der Waals surface area contributed by atoms with E-state index in [1.807, 2.05) is 12.2 Å². The van der Waals surface area contributed by atoms with Gasteiger partial charge in [-0.2, -0.15) is 0 Å². The van der Waals surface area contributed by atoms with Crippen LogP contribution >= 0.6 is 11.3 Å². The average Bonchev–Trinajstić information content (AvgIpc) is 3.09. The number of nitrogens with one attached hydrogen (secondary N) is 2. The molecule has 1 amide bonds. The normalized spacial score (nSPS) is 12.6. The van der Waals surface area contributed by atoms with Crippen LogP contribution in [0.3, 0.4) is 0 Å². The van der Waals surface area contributed by atoms with Crippen LogP contribution in [-0.2, 0) is 9.53 Å². The molecule has 0 saturated heterocycles. The number of amidine groups is 1. The molecule has 10 heteroatoms. The molecule has 0 unspecified atom stereocenters. The van der Waals surface area contributed by atoms with E-state index in [4.69, 9.17) is 15.5 Å². The maximum atomic E-state index is 9.47. The van der Waals surface area contributed by atoms with Gasteiger partial charge in [0.05, 0.1) is 18.8 Å². The van der Waals surface area contributed by atoms with Crippen LogP contribution in [0.1, 0.15) is 39.3 Å². The highest BCUT2D eigenvalue weighted by Crippen LogP contribution is 2.28. The van der Waals surface area contributed by atoms with Gasteiger partial charge in [-0.1, -0.05) is 63.8 Å². The first-order valence-corrected chi connectivity index (χ1v) is 13.2. The monoisotopic (exact) mass is 531 g/mol. The minimum absolute atomic E-state index is 0.481. The maximum Gasteiger partial charge on any atom is 0.240 e. The summed E-state index contributed by atoms with van der Waals surface area (Å²) in [5.41, 5.74) is 13.5. The van der Waals surface area contributed by atoms with Crippen LogP contribution in [-0.4, -0.2) is 68.6 Å². The molecule has 0 fully saturated rings. The second kappa shape index (κ2) is 20.9. The van der Waals surface area contributed by atoms with Crippen LogP contribution in [0.25, 0.3) is 6.08 Å². The van der Waals surface area contributed by atoms with E-state index in [0.717, 1.165) is 54.5 Å². The van der Waals surface area contributed by atoms with Gasteiger partial charge >= 0.3 is 0 Å². The van der Waals surface area contributed by atoms with Crippen LogP contribution in [0.5, 0.6) is 0 Å². The van der Waals surface area contributed by atoms with E-state index in [2.05, 4.69) is 79.4 Å². The highest BCUT2D eigenvalue weighted by molar-refractivity contribution is 7.19. The molecule has 0 aliphatic carbocycles. The SMILES string of the molecule is C=C/C=C\c1nc(NC2=CC(CN(C)CCOC)=CC(NCCC)=NC2)sc1N.C=CC(N)=O.CCC. The highest BCUT2D eigenvalue weighted by Gasteiger charge is 2.12. The van der Waals surface area contributed by atoms with E-state index >= 15 is 0 Å². The standard InChI is InChI=1S/C21H32N6OS.C3H5NO.C3H8/c1-5-7-8-18-20(22)29-21(26-18)25-17-12-16(15-27(3)10-11-28-4)13-19(24-14-17)23-9-6-2;1-2-3(4)5;1-3-2/h5,7-8,12-13H,1,6,9-11,14-15,22H2,2-4H3,(H,23,24)(H,25,26);2H,1H2,(H2,4,5);3H2,1-2H3/b8-7-;;. The third kappa shape index (κ3) is 16.2. The van der Waals surface area contributed by atoms with Crippen LogP contribution in [0, 0.1) is 0 Å². The number of thiazole rings is 1. The molecule has 6 N–H and O–H groups in total. The van der Waals surface area contributed by atoms with Crippen molar-refractivity contribution in [3.8, 4) is 0 Å². The quantitative estimate of drug-likeness (QED) is 0.235. The van der Waals surface area contributed by atoms with Crippen LogP contribution in [0.15, 0.2) is 59.8 Å². The molecule has 0 bridgehead atoms. The summed E-state index contributed by atoms with van der Waals surface area (Å²) in [7, 11) is 3.81. The number of primary amides is 1. The van der Waals surface area contributed by atoms with Gasteiger partial charge in [0, 0.05) is 32.4 Å². The summed E-state index contributed by atoms with van der Waals surface area (Å²) in [5.74, 6) is 0.424. The van der Waals surface area contributed by atoms with E-state index in [-0.39, 0.29) is 0 Å². The number of rotatable bonds is 12. The number of allylic oxidation sites excluding steroid dienone is 2. The van der Waals surface area contributed by atoms with Gasteiger partial charge in [0.2, 0.25) is 5.91 Å². The summed E-state index contributed by atoms with van der Waals surface area (Å²) in [4.78, 5) is 21.0. The molecule has 0 spiro atoms. The second-order valence-corrected chi connectivity index (χ2v) is 9.08. The zero-order chi connectivity index (χ0) is 28.1. The predicted octanol–water partition coefficient (Wildman–Crippen LogP) is 4.21. The lowest BCUT2D eigenvalue weighted by Crippen LogP contribution is -2.26. The van der Waals surface area contributed by atoms with E-state index in [0.29, 0.717) is 18.2 Å². The van der Waals surface area contributed by atoms with Crippen LogP contribution in [0.4, 0.5) is 10.1 Å². The number of methoxy groups -OCH3 is 1. The summed E-state index contributed by atoms with van der Waals surface area (Å²) in [6.07, 6.45) is 13.0. The van der Waals surface area contributed by atoms with Crippen molar-refractivity contribution in [1.82, 2.24) is 15.2 Å². The molecular weight excluding hydrogens is 486 g/mol. The van der Waals surface area contributed by atoms with Gasteiger partial charge in [0.1, 0.15) is 10.8 Å². The Kier molecular flexibility index (Phi) is 19.1. The zero-order valence-electron chi connectivity index (χ0n) is 23.0. The number of nitrogens with zero attached hydrogens (tertiary/aromatic N) is 3. The van der Waals surface area contributed by atoms with E-state index in [9.17, 15) is 4.79 Å². The fourth-order valence-corrected chi connectivity index (χ4v) is 3.43. The molecular formula is C27H45N7O2S.